The molecule has 1 rings (SSSR count). The lowest BCUT2D eigenvalue weighted by molar-refractivity contribution is -0.118. The fourth-order valence-corrected chi connectivity index (χ4v) is 1.22. The molecule has 0 heterocycles. The Labute approximate surface area is 77.3 Å². The van der Waals surface area contributed by atoms with E-state index in [9.17, 15) is 9.59 Å². The quantitative estimate of drug-likeness (QED) is 0.702. The van der Waals surface area contributed by atoms with Gasteiger partial charge in [-0.2, -0.15) is 0 Å². The van der Waals surface area contributed by atoms with Gasteiger partial charge in [0.05, 0.1) is 0 Å². The Hall–Kier alpha value is -1.38. The normalized spacial score (nSPS) is 15.7. The molecule has 0 aliphatic heterocycles. The number of nitrogens with two attached hydrogens (primary N) is 1. The SMILES string of the molecule is NC(=O)CCCC1=CCC(=O)C=C1. The molecule has 0 saturated heterocycles. The van der Waals surface area contributed by atoms with Gasteiger partial charge in [-0.25, -0.2) is 0 Å². The molecule has 0 aromatic carbocycles. The lowest BCUT2D eigenvalue weighted by atomic mass is 10.0. The second-order valence-electron chi connectivity index (χ2n) is 3.10. The lowest BCUT2D eigenvalue weighted by Crippen LogP contribution is -2.09. The maximum absolute atomic E-state index is 10.8. The van der Waals surface area contributed by atoms with Crippen LogP contribution >= 0.6 is 0 Å². The highest BCUT2D eigenvalue weighted by atomic mass is 16.1. The van der Waals surface area contributed by atoms with E-state index in [1.54, 1.807) is 6.08 Å². The van der Waals surface area contributed by atoms with Crippen molar-refractivity contribution in [2.24, 2.45) is 5.73 Å². The van der Waals surface area contributed by atoms with Crippen LogP contribution in [-0.2, 0) is 9.59 Å². The number of rotatable bonds is 4. The third-order valence-electron chi connectivity index (χ3n) is 1.94. The molecule has 2 N–H and O–H groups in total. The summed E-state index contributed by atoms with van der Waals surface area (Å²) in [5.74, 6) is -0.130. The summed E-state index contributed by atoms with van der Waals surface area (Å²) in [5, 5.41) is 0. The molecule has 0 spiro atoms. The molecule has 1 aliphatic carbocycles. The molecule has 0 aromatic heterocycles. The van der Waals surface area contributed by atoms with Crippen molar-refractivity contribution in [1.29, 1.82) is 0 Å². The number of ketones is 1. The predicted molar refractivity (Wildman–Crippen MR) is 49.9 cm³/mol. The van der Waals surface area contributed by atoms with Crippen molar-refractivity contribution in [2.75, 3.05) is 0 Å². The summed E-state index contributed by atoms with van der Waals surface area (Å²) in [4.78, 5) is 21.2. The van der Waals surface area contributed by atoms with Crippen molar-refractivity contribution in [1.82, 2.24) is 0 Å². The van der Waals surface area contributed by atoms with Crippen LogP contribution in [0.2, 0.25) is 0 Å². The average Bonchev–Trinajstić information content (AvgIpc) is 2.08. The lowest BCUT2D eigenvalue weighted by Gasteiger charge is -2.04. The fraction of sp³-hybridized carbons (Fsp3) is 0.400. The van der Waals surface area contributed by atoms with Crippen molar-refractivity contribution in [2.45, 2.75) is 25.7 Å². The Balaban J connectivity index is 2.27. The number of hydrogen-bond donors (Lipinski definition) is 1. The molecule has 0 unspecified atom stereocenters. The minimum atomic E-state index is -0.267. The monoisotopic (exact) mass is 179 g/mol. The third-order valence-corrected chi connectivity index (χ3v) is 1.94. The van der Waals surface area contributed by atoms with Crippen LogP contribution < -0.4 is 5.73 Å². The average molecular weight is 179 g/mol. The molecule has 1 aliphatic rings. The van der Waals surface area contributed by atoms with E-state index in [1.807, 2.05) is 12.2 Å². The van der Waals surface area contributed by atoms with Crippen molar-refractivity contribution in [3.8, 4) is 0 Å². The fourth-order valence-electron chi connectivity index (χ4n) is 1.22. The number of carbonyl (C=O) groups excluding carboxylic acids is 2. The van der Waals surface area contributed by atoms with E-state index in [0.717, 1.165) is 18.4 Å². The summed E-state index contributed by atoms with van der Waals surface area (Å²) >= 11 is 0. The maximum Gasteiger partial charge on any atom is 0.217 e. The zero-order chi connectivity index (χ0) is 9.68. The highest BCUT2D eigenvalue weighted by Gasteiger charge is 2.03. The molecule has 1 amide bonds. The van der Waals surface area contributed by atoms with Crippen molar-refractivity contribution in [3.05, 3.63) is 23.8 Å². The highest BCUT2D eigenvalue weighted by molar-refractivity contribution is 5.92. The van der Waals surface area contributed by atoms with Gasteiger partial charge >= 0.3 is 0 Å². The van der Waals surface area contributed by atoms with Gasteiger partial charge in [-0.05, 0) is 18.9 Å². The highest BCUT2D eigenvalue weighted by Crippen LogP contribution is 2.13. The largest absolute Gasteiger partial charge is 0.370 e. The maximum atomic E-state index is 10.8. The number of primary amides is 1. The number of hydrogen-bond acceptors (Lipinski definition) is 2. The number of amides is 1. The van der Waals surface area contributed by atoms with Crippen LogP contribution in [-0.4, -0.2) is 11.7 Å². The molecule has 13 heavy (non-hydrogen) atoms. The van der Waals surface area contributed by atoms with E-state index < -0.39 is 0 Å². The molecule has 70 valence electrons. The second-order valence-corrected chi connectivity index (χ2v) is 3.10. The summed E-state index contributed by atoms with van der Waals surface area (Å²) in [5.41, 5.74) is 6.13. The van der Waals surface area contributed by atoms with Crippen LogP contribution in [0.4, 0.5) is 0 Å². The Kier molecular flexibility index (Phi) is 3.43. The second kappa shape index (κ2) is 4.60. The minimum absolute atomic E-state index is 0.138. The summed E-state index contributed by atoms with van der Waals surface area (Å²) in [7, 11) is 0. The third kappa shape index (κ3) is 3.69. The molecule has 0 saturated carbocycles. The van der Waals surface area contributed by atoms with Gasteiger partial charge in [0.1, 0.15) is 0 Å². The Morgan fingerprint density at radius 1 is 1.46 bits per heavy atom. The Morgan fingerprint density at radius 2 is 2.23 bits per heavy atom. The van der Waals surface area contributed by atoms with Crippen LogP contribution in [0.25, 0.3) is 0 Å². The van der Waals surface area contributed by atoms with Gasteiger partial charge in [0.15, 0.2) is 5.78 Å². The molecule has 0 aromatic rings. The van der Waals surface area contributed by atoms with Crippen LogP contribution in [0.5, 0.6) is 0 Å². The summed E-state index contributed by atoms with van der Waals surface area (Å²) in [6, 6.07) is 0. The van der Waals surface area contributed by atoms with E-state index in [0.29, 0.717) is 12.8 Å². The van der Waals surface area contributed by atoms with Gasteiger partial charge < -0.3 is 5.73 Å². The van der Waals surface area contributed by atoms with Crippen molar-refractivity contribution in [3.63, 3.8) is 0 Å². The van der Waals surface area contributed by atoms with E-state index >= 15 is 0 Å². The van der Waals surface area contributed by atoms with Crippen molar-refractivity contribution < 1.29 is 9.59 Å². The minimum Gasteiger partial charge on any atom is -0.370 e. The topological polar surface area (TPSA) is 60.2 Å². The molecule has 0 atom stereocenters. The van der Waals surface area contributed by atoms with Gasteiger partial charge in [-0.1, -0.05) is 17.7 Å². The standard InChI is InChI=1S/C10H13NO2/c11-10(13)3-1-2-8-4-6-9(12)7-5-8/h4-6H,1-3,7H2,(H2,11,13). The summed E-state index contributed by atoms with van der Waals surface area (Å²) in [6.07, 6.45) is 7.80. The van der Waals surface area contributed by atoms with Gasteiger partial charge in [-0.3, -0.25) is 9.59 Å². The zero-order valence-corrected chi connectivity index (χ0v) is 7.45. The van der Waals surface area contributed by atoms with Gasteiger partial charge in [0, 0.05) is 12.8 Å². The van der Waals surface area contributed by atoms with Crippen LogP contribution in [0, 0.1) is 0 Å². The molecular formula is C10H13NO2. The molecule has 0 radical (unpaired) electrons. The van der Waals surface area contributed by atoms with E-state index in [4.69, 9.17) is 5.73 Å². The van der Waals surface area contributed by atoms with E-state index in [1.165, 1.54) is 0 Å². The van der Waals surface area contributed by atoms with Gasteiger partial charge in [0.25, 0.3) is 0 Å². The Bertz CT molecular complexity index is 277. The first-order valence-corrected chi connectivity index (χ1v) is 4.37. The predicted octanol–water partition coefficient (Wildman–Crippen LogP) is 1.10. The van der Waals surface area contributed by atoms with E-state index in [-0.39, 0.29) is 11.7 Å². The number of carbonyl (C=O) groups is 2. The van der Waals surface area contributed by atoms with Crippen LogP contribution in [0.1, 0.15) is 25.7 Å². The van der Waals surface area contributed by atoms with Gasteiger partial charge in [-0.15, -0.1) is 0 Å². The van der Waals surface area contributed by atoms with E-state index in [2.05, 4.69) is 0 Å². The molecule has 3 heteroatoms. The summed E-state index contributed by atoms with van der Waals surface area (Å²) in [6.45, 7) is 0. The molecular weight excluding hydrogens is 166 g/mol. The smallest absolute Gasteiger partial charge is 0.217 e. The first kappa shape index (κ1) is 9.71. The Morgan fingerprint density at radius 3 is 2.77 bits per heavy atom. The van der Waals surface area contributed by atoms with Gasteiger partial charge in [0.2, 0.25) is 5.91 Å². The molecule has 0 fully saturated rings. The first-order valence-electron chi connectivity index (χ1n) is 4.37. The number of allylic oxidation sites excluding steroid dienone is 4. The summed E-state index contributed by atoms with van der Waals surface area (Å²) < 4.78 is 0. The zero-order valence-electron chi connectivity index (χ0n) is 7.45. The van der Waals surface area contributed by atoms with Crippen LogP contribution in [0.15, 0.2) is 23.8 Å². The molecule has 3 nitrogen and oxygen atoms in total. The van der Waals surface area contributed by atoms with Crippen molar-refractivity contribution >= 4 is 11.7 Å². The molecule has 0 bridgehead atoms. The first-order chi connectivity index (χ1) is 6.18. The van der Waals surface area contributed by atoms with Crippen LogP contribution in [0.3, 0.4) is 0 Å².